The second-order valence-corrected chi connectivity index (χ2v) is 12.7. The lowest BCUT2D eigenvalue weighted by Crippen LogP contribution is -2.45. The van der Waals surface area contributed by atoms with Crippen molar-refractivity contribution in [2.75, 3.05) is 0 Å². The van der Waals surface area contributed by atoms with E-state index >= 15 is 0 Å². The van der Waals surface area contributed by atoms with Gasteiger partial charge in [0.15, 0.2) is 17.1 Å². The normalized spacial score (nSPS) is 10.7. The molecule has 0 unspecified atom stereocenters. The van der Waals surface area contributed by atoms with Crippen molar-refractivity contribution in [3.05, 3.63) is 33.8 Å². The Hall–Kier alpha value is -7.38. The average molecular weight is 730 g/mol. The van der Waals surface area contributed by atoms with Crippen molar-refractivity contribution in [2.45, 2.75) is 0 Å². The number of hydrogen-bond donors (Lipinski definition) is 0. The topological polar surface area (TPSA) is 220 Å². The fourth-order valence-corrected chi connectivity index (χ4v) is 6.67. The van der Waals surface area contributed by atoms with Crippen molar-refractivity contribution >= 4 is 193 Å². The quantitative estimate of drug-likeness (QED) is 0.122. The molecule has 0 aliphatic carbocycles. The maximum Gasteiger partial charge on any atom is 0.167 e. The van der Waals surface area contributed by atoms with Gasteiger partial charge in [-0.1, -0.05) is 65.6 Å². The first kappa shape index (κ1) is 40.8. The SMILES string of the molecule is [B]c1c([B])c(-c2nc3c(nc2C#N)c2nc(-c4c([B])c([B])c(C#N)c([B])c4[B])c(C#N)nc2c2nc(-c4c([B])c([B])c(C#N)c([B])c4[B])c(C#N)nc32)c([B])c([B])c1C#N. The van der Waals surface area contributed by atoms with E-state index in [1.807, 2.05) is 36.4 Å². The van der Waals surface area contributed by atoms with Crippen molar-refractivity contribution in [1.29, 1.82) is 31.6 Å². The van der Waals surface area contributed by atoms with E-state index in [0.717, 1.165) is 0 Å². The zero-order valence-electron chi connectivity index (χ0n) is 30.3. The Kier molecular flexibility index (Phi) is 10.0. The summed E-state index contributed by atoms with van der Waals surface area (Å²) in [7, 11) is 75.4. The van der Waals surface area contributed by atoms with E-state index in [2.05, 4.69) is 15.0 Å². The molecule has 12 nitrogen and oxygen atoms in total. The lowest BCUT2D eigenvalue weighted by atomic mass is 9.64. The Bertz CT molecular complexity index is 3020. The molecule has 0 spiro atoms. The van der Waals surface area contributed by atoms with Crippen LogP contribution in [0.3, 0.4) is 0 Å². The maximum absolute atomic E-state index is 10.5. The number of nitriles is 6. The predicted molar refractivity (Wildman–Crippen MR) is 235 cm³/mol. The maximum atomic E-state index is 10.5. The minimum atomic E-state index is -0.433. The van der Waals surface area contributed by atoms with Gasteiger partial charge in [0.2, 0.25) is 0 Å². The van der Waals surface area contributed by atoms with Crippen molar-refractivity contribution < 1.29 is 0 Å². The Balaban J connectivity index is 1.76. The predicted octanol–water partition coefficient (Wildman–Crippen LogP) is -8.73. The minimum Gasteiger partial charge on any atom is -0.241 e. The fraction of sp³-hybridized carbons (Fsp3) is 0. The molecule has 0 fully saturated rings. The highest BCUT2D eigenvalue weighted by Crippen LogP contribution is 2.35. The minimum absolute atomic E-state index is 0.173. The Morgan fingerprint density at radius 1 is 0.250 bits per heavy atom. The Labute approximate surface area is 356 Å². The van der Waals surface area contributed by atoms with Crippen molar-refractivity contribution in [1.82, 2.24) is 29.9 Å². The number of hydrogen-bond acceptors (Lipinski definition) is 12. The number of rotatable bonds is 3. The van der Waals surface area contributed by atoms with Gasteiger partial charge in [0.1, 0.15) is 163 Å². The molecule has 0 saturated heterocycles. The van der Waals surface area contributed by atoms with E-state index in [4.69, 9.17) is 109 Å². The summed E-state index contributed by atoms with van der Waals surface area (Å²) in [5, 5.41) is 60.5. The van der Waals surface area contributed by atoms with Crippen LogP contribution in [0.5, 0.6) is 0 Å². The molecule has 0 amide bonds. The van der Waals surface area contributed by atoms with Gasteiger partial charge < -0.3 is 0 Å². The van der Waals surface area contributed by atoms with Crippen LogP contribution in [0, 0.1) is 68.0 Å². The molecule has 7 aromatic rings. The summed E-state index contributed by atoms with van der Waals surface area (Å²) in [5.41, 5.74) is -7.92. The average Bonchev–Trinajstić information content (AvgIpc) is 3.24. The van der Waals surface area contributed by atoms with Gasteiger partial charge in [0, 0.05) is 16.7 Å². The molecule has 0 aliphatic heterocycles. The first-order valence-corrected chi connectivity index (χ1v) is 16.5. The third-order valence-corrected chi connectivity index (χ3v) is 9.70. The lowest BCUT2D eigenvalue weighted by molar-refractivity contribution is 1.20. The highest BCUT2D eigenvalue weighted by atomic mass is 14.9. The molecular formula is C36B12N12. The van der Waals surface area contributed by atoms with Gasteiger partial charge in [-0.2, -0.15) is 31.6 Å². The van der Waals surface area contributed by atoms with Crippen LogP contribution in [0.2, 0.25) is 0 Å². The molecule has 4 aromatic carbocycles. The number of fused-ring (bicyclic) bond motifs is 6. The largest absolute Gasteiger partial charge is 0.241 e. The van der Waals surface area contributed by atoms with E-state index in [0.29, 0.717) is 0 Å². The van der Waals surface area contributed by atoms with E-state index < -0.39 is 17.1 Å². The first-order chi connectivity index (χ1) is 28.5. The number of aromatic nitrogens is 6. The van der Waals surface area contributed by atoms with Crippen LogP contribution in [-0.2, 0) is 0 Å². The second-order valence-electron chi connectivity index (χ2n) is 12.7. The third kappa shape index (κ3) is 5.64. The lowest BCUT2D eigenvalue weighted by Gasteiger charge is -2.21. The van der Waals surface area contributed by atoms with Crippen LogP contribution in [-0.4, -0.2) is 124 Å². The molecule has 0 atom stereocenters. The van der Waals surface area contributed by atoms with Crippen LogP contribution >= 0.6 is 0 Å². The molecule has 0 aliphatic rings. The Morgan fingerprint density at radius 2 is 0.433 bits per heavy atom. The van der Waals surface area contributed by atoms with Gasteiger partial charge in [0.25, 0.3) is 0 Å². The molecule has 3 aromatic heterocycles. The molecule has 0 bridgehead atoms. The van der Waals surface area contributed by atoms with E-state index in [9.17, 15) is 31.6 Å². The van der Waals surface area contributed by atoms with Gasteiger partial charge in [-0.3, -0.25) is 0 Å². The second kappa shape index (κ2) is 14.8. The van der Waals surface area contributed by atoms with Crippen LogP contribution in [0.4, 0.5) is 0 Å². The summed E-state index contributed by atoms with van der Waals surface area (Å²) >= 11 is 0. The first-order valence-electron chi connectivity index (χ1n) is 16.5. The van der Waals surface area contributed by atoms with Gasteiger partial charge in [0.05, 0.1) is 18.2 Å². The van der Waals surface area contributed by atoms with Crippen LogP contribution in [0.1, 0.15) is 33.8 Å². The summed E-state index contributed by atoms with van der Waals surface area (Å²) in [5.74, 6) is 0. The van der Waals surface area contributed by atoms with Gasteiger partial charge in [-0.05, 0) is 16.7 Å². The standard InChI is InChI=1S/C36B12N12/c37-16-7(1-49)17(38)23(44)13(22(16)43)28-10(4-52)55-31-34(58-28)32-36(60-29(11(5-53)56-32)14-24(45)18(39)8(2-50)19(40)25(14)46)33-35(31)59-30(12(6-54)57-33)15-26(47)20(41)9(3-51)21(42)27(15)48. The highest BCUT2D eigenvalue weighted by Gasteiger charge is 2.28. The van der Waals surface area contributed by atoms with Crippen LogP contribution in [0.25, 0.3) is 66.9 Å². The molecule has 0 N–H and O–H groups in total. The van der Waals surface area contributed by atoms with Crippen molar-refractivity contribution in [3.8, 4) is 70.2 Å². The van der Waals surface area contributed by atoms with Gasteiger partial charge >= 0.3 is 0 Å². The van der Waals surface area contributed by atoms with E-state index in [-0.39, 0.29) is 149 Å². The smallest absolute Gasteiger partial charge is 0.167 e. The number of benzene rings is 4. The molecule has 7 rings (SSSR count). The summed E-state index contributed by atoms with van der Waals surface area (Å²) in [6.07, 6.45) is 0. The summed E-state index contributed by atoms with van der Waals surface area (Å²) in [6.45, 7) is 0. The molecule has 24 radical (unpaired) electrons. The third-order valence-electron chi connectivity index (χ3n) is 9.70. The molecule has 0 saturated carbocycles. The monoisotopic (exact) mass is 732 g/mol. The molecular weight excluding hydrogens is 730 g/mol. The Morgan fingerprint density at radius 3 is 0.600 bits per heavy atom. The number of nitrogens with zero attached hydrogens (tertiary/aromatic N) is 12. The molecule has 60 heavy (non-hydrogen) atoms. The van der Waals surface area contributed by atoms with Gasteiger partial charge in [-0.25, -0.2) is 29.9 Å². The molecule has 240 valence electrons. The molecule has 24 heteroatoms. The van der Waals surface area contributed by atoms with E-state index in [1.165, 1.54) is 0 Å². The van der Waals surface area contributed by atoms with Gasteiger partial charge in [-0.15, -0.1) is 0 Å². The van der Waals surface area contributed by atoms with Crippen LogP contribution < -0.4 is 65.6 Å². The summed E-state index contributed by atoms with van der Waals surface area (Å²) < 4.78 is 0. The molecule has 3 heterocycles. The van der Waals surface area contributed by atoms with Crippen LogP contribution in [0.15, 0.2) is 0 Å². The summed E-state index contributed by atoms with van der Waals surface area (Å²) in [6, 6.07) is 11.3. The fourth-order valence-electron chi connectivity index (χ4n) is 6.67. The highest BCUT2D eigenvalue weighted by molar-refractivity contribution is 6.63. The van der Waals surface area contributed by atoms with Crippen molar-refractivity contribution in [2.24, 2.45) is 0 Å². The zero-order valence-corrected chi connectivity index (χ0v) is 30.3. The summed E-state index contributed by atoms with van der Waals surface area (Å²) in [4.78, 5) is 27.8. The van der Waals surface area contributed by atoms with Crippen molar-refractivity contribution in [3.63, 3.8) is 0 Å². The van der Waals surface area contributed by atoms with E-state index in [1.54, 1.807) is 0 Å². The zero-order chi connectivity index (χ0) is 43.8.